The highest BCUT2D eigenvalue weighted by molar-refractivity contribution is 5.95. The van der Waals surface area contributed by atoms with E-state index in [2.05, 4.69) is 10.1 Å². The zero-order chi connectivity index (χ0) is 19.6. The van der Waals surface area contributed by atoms with Crippen molar-refractivity contribution in [3.63, 3.8) is 0 Å². The third-order valence-corrected chi connectivity index (χ3v) is 5.16. The van der Waals surface area contributed by atoms with Gasteiger partial charge in [0, 0.05) is 37.8 Å². The zero-order valence-corrected chi connectivity index (χ0v) is 15.6. The molecule has 1 aromatic carbocycles. The number of rotatable bonds is 4. The van der Waals surface area contributed by atoms with Crippen molar-refractivity contribution >= 4 is 11.8 Å². The summed E-state index contributed by atoms with van der Waals surface area (Å²) < 4.78 is 29.7. The average Bonchev–Trinajstić information content (AvgIpc) is 2.64. The smallest absolute Gasteiger partial charge is 0.387 e. The van der Waals surface area contributed by atoms with Crippen molar-refractivity contribution in [1.29, 1.82) is 0 Å². The largest absolute Gasteiger partial charge is 0.434 e. The van der Waals surface area contributed by atoms with Crippen LogP contribution < -0.4 is 10.1 Å². The highest BCUT2D eigenvalue weighted by Crippen LogP contribution is 2.28. The first-order valence-corrected chi connectivity index (χ1v) is 9.22. The average molecular weight is 381 g/mol. The van der Waals surface area contributed by atoms with Crippen LogP contribution in [0.4, 0.5) is 8.78 Å². The number of nitrogens with one attached hydrogen (secondary N) is 1. The van der Waals surface area contributed by atoms with E-state index in [4.69, 9.17) is 0 Å². The van der Waals surface area contributed by atoms with Crippen LogP contribution in [-0.4, -0.2) is 67.0 Å². The quantitative estimate of drug-likeness (QED) is 0.866. The molecule has 2 fully saturated rings. The second-order valence-corrected chi connectivity index (χ2v) is 7.13. The highest BCUT2D eigenvalue weighted by Gasteiger charge is 2.32. The Morgan fingerprint density at radius 3 is 2.59 bits per heavy atom. The Morgan fingerprint density at radius 1 is 1.26 bits per heavy atom. The van der Waals surface area contributed by atoms with Crippen molar-refractivity contribution in [2.45, 2.75) is 39.3 Å². The van der Waals surface area contributed by atoms with Gasteiger partial charge < -0.3 is 19.9 Å². The Bertz CT molecular complexity index is 703. The van der Waals surface area contributed by atoms with Crippen molar-refractivity contribution in [3.05, 3.63) is 28.8 Å². The number of likely N-dealkylation sites (tertiary alicyclic amines) is 1. The molecular weight excluding hydrogens is 356 g/mol. The summed E-state index contributed by atoms with van der Waals surface area (Å²) in [5.41, 5.74) is 1.47. The van der Waals surface area contributed by atoms with Crippen molar-refractivity contribution in [2.24, 2.45) is 0 Å². The number of carbonyl (C=O) groups excluding carboxylic acids is 2. The van der Waals surface area contributed by atoms with Crippen LogP contribution in [0.2, 0.25) is 0 Å². The summed E-state index contributed by atoms with van der Waals surface area (Å²) in [5, 5.41) is 3.06. The number of carbonyl (C=O) groups is 2. The molecule has 0 bridgehead atoms. The Morgan fingerprint density at radius 2 is 1.96 bits per heavy atom. The zero-order valence-electron chi connectivity index (χ0n) is 15.6. The third-order valence-electron chi connectivity index (χ3n) is 5.16. The van der Waals surface area contributed by atoms with E-state index < -0.39 is 6.61 Å². The van der Waals surface area contributed by atoms with Gasteiger partial charge in [-0.1, -0.05) is 0 Å². The molecule has 6 nitrogen and oxygen atoms in total. The van der Waals surface area contributed by atoms with E-state index in [1.807, 2.05) is 4.90 Å². The molecule has 1 aromatic rings. The second-order valence-electron chi connectivity index (χ2n) is 7.13. The number of alkyl halides is 2. The van der Waals surface area contributed by atoms with E-state index in [9.17, 15) is 18.4 Å². The molecule has 1 atom stereocenters. The van der Waals surface area contributed by atoms with Crippen LogP contribution in [0.3, 0.4) is 0 Å². The molecule has 0 saturated carbocycles. The Labute approximate surface area is 157 Å². The molecular formula is C19H25F2N3O3. The van der Waals surface area contributed by atoms with Crippen LogP contribution in [0.25, 0.3) is 0 Å². The first kappa shape index (κ1) is 19.5. The molecule has 148 valence electrons. The number of piperidine rings is 1. The topological polar surface area (TPSA) is 61.9 Å². The van der Waals surface area contributed by atoms with Crippen molar-refractivity contribution < 1.29 is 23.1 Å². The van der Waals surface area contributed by atoms with Crippen LogP contribution in [-0.2, 0) is 4.79 Å². The fraction of sp³-hybridized carbons (Fsp3) is 0.579. The number of aryl methyl sites for hydroxylation is 2. The molecule has 2 amide bonds. The molecule has 1 N–H and O–H groups in total. The lowest BCUT2D eigenvalue weighted by atomic mass is 10.0. The lowest BCUT2D eigenvalue weighted by molar-refractivity contribution is -0.135. The maximum absolute atomic E-state index is 13.0. The molecule has 8 heteroatoms. The molecule has 2 heterocycles. The maximum Gasteiger partial charge on any atom is 0.387 e. The molecule has 0 aliphatic carbocycles. The predicted octanol–water partition coefficient (Wildman–Crippen LogP) is 1.94. The minimum absolute atomic E-state index is 0.0286. The lowest BCUT2D eigenvalue weighted by Crippen LogP contribution is -2.57. The summed E-state index contributed by atoms with van der Waals surface area (Å²) in [6.07, 6.45) is 1.72. The monoisotopic (exact) mass is 381 g/mol. The molecule has 0 aromatic heterocycles. The summed E-state index contributed by atoms with van der Waals surface area (Å²) >= 11 is 0. The lowest BCUT2D eigenvalue weighted by Gasteiger charge is -2.41. The van der Waals surface area contributed by atoms with Gasteiger partial charge in [0.05, 0.1) is 6.54 Å². The van der Waals surface area contributed by atoms with E-state index in [0.717, 1.165) is 19.4 Å². The SMILES string of the molecule is Cc1cc(C(=O)N2CCCC(N3CCNCC3=O)C2)cc(C)c1OC(F)F. The van der Waals surface area contributed by atoms with Gasteiger partial charge in [0.25, 0.3) is 5.91 Å². The van der Waals surface area contributed by atoms with Crippen LogP contribution in [0.1, 0.15) is 34.3 Å². The molecule has 0 spiro atoms. The highest BCUT2D eigenvalue weighted by atomic mass is 19.3. The number of amides is 2. The van der Waals surface area contributed by atoms with Gasteiger partial charge in [0.2, 0.25) is 5.91 Å². The minimum atomic E-state index is -2.90. The number of hydrogen-bond donors (Lipinski definition) is 1. The van der Waals surface area contributed by atoms with Gasteiger partial charge >= 0.3 is 6.61 Å². The van der Waals surface area contributed by atoms with Gasteiger partial charge in [-0.25, -0.2) is 0 Å². The minimum Gasteiger partial charge on any atom is -0.434 e. The first-order valence-electron chi connectivity index (χ1n) is 9.22. The van der Waals surface area contributed by atoms with Crippen LogP contribution in [0.5, 0.6) is 5.75 Å². The van der Waals surface area contributed by atoms with E-state index in [-0.39, 0.29) is 23.6 Å². The number of hydrogen-bond acceptors (Lipinski definition) is 4. The number of benzene rings is 1. The van der Waals surface area contributed by atoms with Crippen molar-refractivity contribution in [3.8, 4) is 5.75 Å². The fourth-order valence-corrected chi connectivity index (χ4v) is 3.93. The van der Waals surface area contributed by atoms with E-state index in [1.54, 1.807) is 30.9 Å². The number of nitrogens with zero attached hydrogens (tertiary/aromatic N) is 2. The van der Waals surface area contributed by atoms with Gasteiger partial charge in [-0.3, -0.25) is 9.59 Å². The number of ether oxygens (including phenoxy) is 1. The van der Waals surface area contributed by atoms with Gasteiger partial charge in [0.15, 0.2) is 0 Å². The molecule has 2 saturated heterocycles. The summed E-state index contributed by atoms with van der Waals surface area (Å²) in [5.74, 6) is 0.0438. The molecule has 27 heavy (non-hydrogen) atoms. The van der Waals surface area contributed by atoms with Crippen LogP contribution in [0, 0.1) is 13.8 Å². The van der Waals surface area contributed by atoms with E-state index in [0.29, 0.717) is 42.9 Å². The van der Waals surface area contributed by atoms with E-state index in [1.165, 1.54) is 0 Å². The number of halogens is 2. The summed E-state index contributed by atoms with van der Waals surface area (Å²) in [6, 6.07) is 3.21. The van der Waals surface area contributed by atoms with Crippen LogP contribution >= 0.6 is 0 Å². The summed E-state index contributed by atoms with van der Waals surface area (Å²) in [7, 11) is 0. The maximum atomic E-state index is 13.0. The normalized spacial score (nSPS) is 20.9. The van der Waals surface area contributed by atoms with Gasteiger partial charge in [0.1, 0.15) is 5.75 Å². The fourth-order valence-electron chi connectivity index (χ4n) is 3.93. The Hall–Kier alpha value is -2.22. The molecule has 2 aliphatic rings. The van der Waals surface area contributed by atoms with Crippen molar-refractivity contribution in [1.82, 2.24) is 15.1 Å². The Balaban J connectivity index is 1.74. The molecule has 0 radical (unpaired) electrons. The standard InChI is InChI=1S/C19H25F2N3O3/c1-12-8-14(9-13(2)17(12)27-19(20)21)18(26)23-6-3-4-15(11-23)24-7-5-22-10-16(24)25/h8-9,15,19,22H,3-7,10-11H2,1-2H3. The summed E-state index contributed by atoms with van der Waals surface area (Å²) in [6.45, 7) is 3.29. The number of piperazine rings is 1. The van der Waals surface area contributed by atoms with E-state index >= 15 is 0 Å². The second kappa shape index (κ2) is 8.21. The third kappa shape index (κ3) is 4.37. The molecule has 1 unspecified atom stereocenters. The summed E-state index contributed by atoms with van der Waals surface area (Å²) in [4.78, 5) is 28.7. The first-order chi connectivity index (χ1) is 12.9. The van der Waals surface area contributed by atoms with Gasteiger partial charge in [-0.05, 0) is 49.9 Å². The molecule has 3 rings (SSSR count). The Kier molecular flexibility index (Phi) is 5.94. The molecule has 2 aliphatic heterocycles. The van der Waals surface area contributed by atoms with Gasteiger partial charge in [-0.15, -0.1) is 0 Å². The van der Waals surface area contributed by atoms with Gasteiger partial charge in [-0.2, -0.15) is 8.78 Å². The van der Waals surface area contributed by atoms with Crippen LogP contribution in [0.15, 0.2) is 12.1 Å². The predicted molar refractivity (Wildman–Crippen MR) is 96.1 cm³/mol. The van der Waals surface area contributed by atoms with Crippen molar-refractivity contribution in [2.75, 3.05) is 32.7 Å².